The van der Waals surface area contributed by atoms with Crippen LogP contribution < -0.4 is 0 Å². The van der Waals surface area contributed by atoms with Gasteiger partial charge in [0.05, 0.1) is 29.1 Å². The lowest BCUT2D eigenvalue weighted by molar-refractivity contribution is -0.132. The number of imidazole rings is 1. The van der Waals surface area contributed by atoms with Crippen molar-refractivity contribution in [3.05, 3.63) is 36.3 Å². The Labute approximate surface area is 168 Å². The lowest BCUT2D eigenvalue weighted by Crippen LogP contribution is -2.47. The second-order valence-electron chi connectivity index (χ2n) is 7.01. The summed E-state index contributed by atoms with van der Waals surface area (Å²) in [5, 5.41) is 0.593. The highest BCUT2D eigenvalue weighted by Crippen LogP contribution is 2.25. The zero-order chi connectivity index (χ0) is 20.3. The summed E-state index contributed by atoms with van der Waals surface area (Å²) in [6.07, 6.45) is 2.91. The number of carbonyl (C=O) groups is 1. The van der Waals surface area contributed by atoms with Gasteiger partial charge in [0.15, 0.2) is 15.0 Å². The standard InChI is InChI=1S/C19H24FN3O3S2/c1-3-13(2)23(16-8-9-28(25,26)12-16)18(24)11-27-19-21-10-17(22-19)14-4-6-15(20)7-5-14/h4-7,10,13,16H,3,8-9,11-12H2,1-2H3,(H,21,22)/t13-,16-/m0/s1. The van der Waals surface area contributed by atoms with Crippen LogP contribution in [0.25, 0.3) is 11.3 Å². The van der Waals surface area contributed by atoms with Crippen molar-refractivity contribution < 1.29 is 17.6 Å². The molecule has 1 aliphatic rings. The Balaban J connectivity index is 1.65. The fraction of sp³-hybridized carbons (Fsp3) is 0.474. The van der Waals surface area contributed by atoms with E-state index in [4.69, 9.17) is 0 Å². The maximum absolute atomic E-state index is 13.1. The lowest BCUT2D eigenvalue weighted by Gasteiger charge is -2.33. The largest absolute Gasteiger partial charge is 0.335 e. The zero-order valence-electron chi connectivity index (χ0n) is 15.9. The number of thioether (sulfide) groups is 1. The summed E-state index contributed by atoms with van der Waals surface area (Å²) in [5.41, 5.74) is 1.56. The van der Waals surface area contributed by atoms with E-state index in [1.54, 1.807) is 23.2 Å². The monoisotopic (exact) mass is 425 g/mol. The van der Waals surface area contributed by atoms with Gasteiger partial charge in [-0.2, -0.15) is 0 Å². The molecule has 1 aromatic heterocycles. The van der Waals surface area contributed by atoms with E-state index in [1.807, 2.05) is 13.8 Å². The first-order chi connectivity index (χ1) is 13.3. The number of nitrogens with one attached hydrogen (secondary N) is 1. The van der Waals surface area contributed by atoms with E-state index in [2.05, 4.69) is 9.97 Å². The van der Waals surface area contributed by atoms with Gasteiger partial charge >= 0.3 is 0 Å². The fourth-order valence-electron chi connectivity index (χ4n) is 3.36. The van der Waals surface area contributed by atoms with Crippen LogP contribution in [0.5, 0.6) is 0 Å². The average molecular weight is 426 g/mol. The molecule has 28 heavy (non-hydrogen) atoms. The van der Waals surface area contributed by atoms with Crippen LogP contribution in [-0.2, 0) is 14.6 Å². The molecule has 1 amide bonds. The van der Waals surface area contributed by atoms with Crippen molar-refractivity contribution in [3.63, 3.8) is 0 Å². The minimum absolute atomic E-state index is 0.0159. The Kier molecular flexibility index (Phi) is 6.44. The topological polar surface area (TPSA) is 83.1 Å². The third-order valence-electron chi connectivity index (χ3n) is 5.00. The maximum atomic E-state index is 13.1. The van der Waals surface area contributed by atoms with E-state index in [0.717, 1.165) is 17.7 Å². The number of benzene rings is 1. The van der Waals surface area contributed by atoms with Crippen LogP contribution in [0.1, 0.15) is 26.7 Å². The Morgan fingerprint density at radius 2 is 2.11 bits per heavy atom. The number of amides is 1. The molecule has 0 saturated carbocycles. The summed E-state index contributed by atoms with van der Waals surface area (Å²) in [7, 11) is -3.06. The van der Waals surface area contributed by atoms with Crippen LogP contribution in [0.15, 0.2) is 35.6 Å². The Morgan fingerprint density at radius 3 is 2.71 bits per heavy atom. The highest BCUT2D eigenvalue weighted by atomic mass is 32.2. The highest BCUT2D eigenvalue weighted by molar-refractivity contribution is 7.99. The second kappa shape index (κ2) is 8.65. The lowest BCUT2D eigenvalue weighted by atomic mass is 10.1. The molecular weight excluding hydrogens is 401 g/mol. The molecule has 6 nitrogen and oxygen atoms in total. The first-order valence-corrected chi connectivity index (χ1v) is 12.0. The summed E-state index contributed by atoms with van der Waals surface area (Å²) >= 11 is 1.28. The molecule has 9 heteroatoms. The van der Waals surface area contributed by atoms with Crippen molar-refractivity contribution in [1.29, 1.82) is 0 Å². The quantitative estimate of drug-likeness (QED) is 0.689. The van der Waals surface area contributed by atoms with E-state index in [9.17, 15) is 17.6 Å². The molecule has 0 radical (unpaired) electrons. The van der Waals surface area contributed by atoms with Gasteiger partial charge in [-0.25, -0.2) is 17.8 Å². The first-order valence-electron chi connectivity index (χ1n) is 9.24. The Morgan fingerprint density at radius 1 is 1.39 bits per heavy atom. The van der Waals surface area contributed by atoms with Crippen molar-refractivity contribution >= 4 is 27.5 Å². The predicted molar refractivity (Wildman–Crippen MR) is 108 cm³/mol. The minimum atomic E-state index is -3.06. The normalized spacial score (nSPS) is 19.5. The van der Waals surface area contributed by atoms with Gasteiger partial charge in [0.2, 0.25) is 5.91 Å². The van der Waals surface area contributed by atoms with E-state index >= 15 is 0 Å². The molecular formula is C19H24FN3O3S2. The molecule has 1 fully saturated rings. The second-order valence-corrected chi connectivity index (χ2v) is 10.2. The molecule has 0 unspecified atom stereocenters. The molecule has 0 spiro atoms. The van der Waals surface area contributed by atoms with Gasteiger partial charge in [-0.05, 0) is 49.6 Å². The minimum Gasteiger partial charge on any atom is -0.335 e. The van der Waals surface area contributed by atoms with E-state index in [-0.39, 0.29) is 41.1 Å². The maximum Gasteiger partial charge on any atom is 0.233 e. The van der Waals surface area contributed by atoms with Crippen molar-refractivity contribution in [1.82, 2.24) is 14.9 Å². The number of aromatic nitrogens is 2. The number of hydrogen-bond donors (Lipinski definition) is 1. The molecule has 0 aliphatic carbocycles. The van der Waals surface area contributed by atoms with Gasteiger partial charge in [-0.1, -0.05) is 18.7 Å². The van der Waals surface area contributed by atoms with Crippen molar-refractivity contribution in [2.24, 2.45) is 0 Å². The number of aromatic amines is 1. The number of halogens is 1. The van der Waals surface area contributed by atoms with Crippen LogP contribution in [0, 0.1) is 5.82 Å². The molecule has 1 aliphatic heterocycles. The molecule has 2 heterocycles. The van der Waals surface area contributed by atoms with Gasteiger partial charge in [0.1, 0.15) is 5.82 Å². The summed E-state index contributed by atoms with van der Waals surface area (Å²) in [6, 6.07) is 5.82. The summed E-state index contributed by atoms with van der Waals surface area (Å²) in [5.74, 6) is -0.0197. The fourth-order valence-corrected chi connectivity index (χ4v) is 5.79. The van der Waals surface area contributed by atoms with E-state index in [0.29, 0.717) is 11.6 Å². The van der Waals surface area contributed by atoms with Crippen LogP contribution in [0.3, 0.4) is 0 Å². The van der Waals surface area contributed by atoms with Crippen molar-refractivity contribution in [3.8, 4) is 11.3 Å². The summed E-state index contributed by atoms with van der Waals surface area (Å²) in [6.45, 7) is 3.94. The molecule has 3 rings (SSSR count). The Hall–Kier alpha value is -1.87. The number of H-pyrrole nitrogens is 1. The number of nitrogens with zero attached hydrogens (tertiary/aromatic N) is 2. The molecule has 1 N–H and O–H groups in total. The van der Waals surface area contributed by atoms with Crippen LogP contribution in [0.2, 0.25) is 0 Å². The number of hydrogen-bond acceptors (Lipinski definition) is 5. The van der Waals surface area contributed by atoms with Gasteiger partial charge in [-0.3, -0.25) is 4.79 Å². The molecule has 0 bridgehead atoms. The summed E-state index contributed by atoms with van der Waals surface area (Å²) < 4.78 is 36.7. The van der Waals surface area contributed by atoms with Gasteiger partial charge < -0.3 is 9.88 Å². The number of carbonyl (C=O) groups excluding carboxylic acids is 1. The van der Waals surface area contributed by atoms with E-state index in [1.165, 1.54) is 23.9 Å². The zero-order valence-corrected chi connectivity index (χ0v) is 17.5. The molecule has 2 atom stereocenters. The predicted octanol–water partition coefficient (Wildman–Crippen LogP) is 3.12. The highest BCUT2D eigenvalue weighted by Gasteiger charge is 2.36. The molecule has 152 valence electrons. The first kappa shape index (κ1) is 20.9. The van der Waals surface area contributed by atoms with Crippen LogP contribution in [-0.4, -0.2) is 58.5 Å². The molecule has 1 aromatic carbocycles. The van der Waals surface area contributed by atoms with Gasteiger partial charge in [0, 0.05) is 12.1 Å². The third-order valence-corrected chi connectivity index (χ3v) is 7.62. The molecule has 1 saturated heterocycles. The Bertz CT molecular complexity index is 928. The average Bonchev–Trinajstić information content (AvgIpc) is 3.27. The van der Waals surface area contributed by atoms with Gasteiger partial charge in [0.25, 0.3) is 0 Å². The van der Waals surface area contributed by atoms with Crippen molar-refractivity contribution in [2.45, 2.75) is 43.9 Å². The van der Waals surface area contributed by atoms with E-state index < -0.39 is 9.84 Å². The van der Waals surface area contributed by atoms with Gasteiger partial charge in [-0.15, -0.1) is 0 Å². The third kappa shape index (κ3) is 4.94. The summed E-state index contributed by atoms with van der Waals surface area (Å²) in [4.78, 5) is 22.0. The van der Waals surface area contributed by atoms with Crippen LogP contribution in [0.4, 0.5) is 4.39 Å². The number of sulfone groups is 1. The van der Waals surface area contributed by atoms with Crippen molar-refractivity contribution in [2.75, 3.05) is 17.3 Å². The van der Waals surface area contributed by atoms with Crippen LogP contribution >= 0.6 is 11.8 Å². The SMILES string of the molecule is CC[C@H](C)N(C(=O)CSc1ncc(-c2ccc(F)cc2)[nH]1)[C@H]1CCS(=O)(=O)C1. The number of rotatable bonds is 7. The smallest absolute Gasteiger partial charge is 0.233 e. The molecule has 2 aromatic rings.